The molecular formula is C3H14N2O10S3. The number of nitrogens with two attached hydrogens (primary N) is 2. The largest absolute Gasteiger partial charge is 0.413 e. The highest BCUT2D eigenvalue weighted by atomic mass is 32.3. The molecule has 0 saturated carbocycles. The van der Waals surface area contributed by atoms with Crippen LogP contribution in [0.2, 0.25) is 0 Å². The summed E-state index contributed by atoms with van der Waals surface area (Å²) in [4.78, 5) is 0. The van der Waals surface area contributed by atoms with Gasteiger partial charge in [0, 0.05) is 0 Å². The Morgan fingerprint density at radius 2 is 1.22 bits per heavy atom. The van der Waals surface area contributed by atoms with Crippen molar-refractivity contribution in [3.63, 3.8) is 0 Å². The smallest absolute Gasteiger partial charge is 0.286 e. The van der Waals surface area contributed by atoms with Gasteiger partial charge in [0.2, 0.25) is 0 Å². The van der Waals surface area contributed by atoms with Crippen LogP contribution in [0.5, 0.6) is 0 Å². The molecule has 0 aliphatic heterocycles. The topological polar surface area (TPSA) is 224 Å². The fourth-order valence-electron chi connectivity index (χ4n) is 0.258. The summed E-state index contributed by atoms with van der Waals surface area (Å²) in [5, 5.41) is 3.88. The van der Waals surface area contributed by atoms with E-state index in [1.807, 2.05) is 0 Å². The van der Waals surface area contributed by atoms with E-state index in [1.165, 1.54) is 0 Å². The molecule has 0 unspecified atom stereocenters. The maximum atomic E-state index is 9.79. The van der Waals surface area contributed by atoms with Gasteiger partial charge in [-0.2, -0.15) is 35.4 Å². The average Bonchev–Trinajstić information content (AvgIpc) is 1.98. The third-order valence-corrected chi connectivity index (χ3v) is 1.75. The minimum absolute atomic E-state index is 0.132. The van der Waals surface area contributed by atoms with E-state index in [9.17, 15) is 16.8 Å². The zero-order valence-electron chi connectivity index (χ0n) is 8.99. The Labute approximate surface area is 104 Å². The molecule has 0 fully saturated rings. The summed E-state index contributed by atoms with van der Waals surface area (Å²) < 4.78 is 81.6. The molecular weight excluding hydrogens is 320 g/mol. The normalized spacial score (nSPS) is 11.7. The van der Waals surface area contributed by atoms with Gasteiger partial charge in [-0.15, -0.1) is 0 Å². The van der Waals surface area contributed by atoms with Gasteiger partial charge in [0.15, 0.2) is 0 Å². The van der Waals surface area contributed by atoms with Gasteiger partial charge < -0.3 is 0 Å². The zero-order valence-corrected chi connectivity index (χ0v) is 11.4. The van der Waals surface area contributed by atoms with Crippen molar-refractivity contribution in [2.45, 2.75) is 13.3 Å². The lowest BCUT2D eigenvalue weighted by Crippen LogP contribution is -2.08. The monoisotopic (exact) mass is 334 g/mol. The van der Waals surface area contributed by atoms with E-state index in [0.717, 1.165) is 0 Å². The first-order valence-electron chi connectivity index (χ1n) is 3.68. The average molecular weight is 334 g/mol. The second-order valence-corrected chi connectivity index (χ2v) is 5.97. The molecule has 0 atom stereocenters. The van der Waals surface area contributed by atoms with Crippen LogP contribution in [-0.2, 0) is 35.1 Å². The van der Waals surface area contributed by atoms with Crippen LogP contribution in [0.15, 0.2) is 0 Å². The predicted octanol–water partition coefficient (Wildman–Crippen LogP) is -2.29. The van der Waals surface area contributed by atoms with Crippen molar-refractivity contribution in [1.82, 2.24) is 0 Å². The first-order valence-corrected chi connectivity index (χ1v) is 8.16. The van der Waals surface area contributed by atoms with Crippen molar-refractivity contribution < 1.29 is 43.2 Å². The van der Waals surface area contributed by atoms with E-state index in [0.29, 0.717) is 6.42 Å². The molecule has 0 amide bonds. The molecule has 7 N–H and O–H groups in total. The molecule has 18 heavy (non-hydrogen) atoms. The van der Waals surface area contributed by atoms with E-state index >= 15 is 0 Å². The SMILES string of the molecule is CCCS(=O)(=O)O.NOS(=O)(=O)O.NS(=O)(=O)O. The molecule has 12 nitrogen and oxygen atoms in total. The first-order chi connectivity index (χ1) is 7.62. The van der Waals surface area contributed by atoms with E-state index in [-0.39, 0.29) is 5.75 Å². The summed E-state index contributed by atoms with van der Waals surface area (Å²) in [5.41, 5.74) is 0. The van der Waals surface area contributed by atoms with Crippen LogP contribution < -0.4 is 11.0 Å². The molecule has 0 aromatic carbocycles. The number of rotatable bonds is 3. The fraction of sp³-hybridized carbons (Fsp3) is 1.00. The molecule has 0 radical (unpaired) electrons. The zero-order chi connectivity index (χ0) is 15.6. The summed E-state index contributed by atoms with van der Waals surface area (Å²) in [6.07, 6.45) is 0.471. The van der Waals surface area contributed by atoms with Gasteiger partial charge >= 0.3 is 20.7 Å². The molecule has 15 heteroatoms. The molecule has 0 saturated heterocycles. The molecule has 0 rings (SSSR count). The maximum Gasteiger partial charge on any atom is 0.413 e. The lowest BCUT2D eigenvalue weighted by Gasteiger charge is -1.85. The quantitative estimate of drug-likeness (QED) is 0.272. The highest BCUT2D eigenvalue weighted by Crippen LogP contribution is 1.83. The van der Waals surface area contributed by atoms with Crippen LogP contribution in [0.25, 0.3) is 0 Å². The van der Waals surface area contributed by atoms with Crippen molar-refractivity contribution in [2.75, 3.05) is 5.75 Å². The lowest BCUT2D eigenvalue weighted by atomic mass is 10.6. The molecule has 0 bridgehead atoms. The van der Waals surface area contributed by atoms with Gasteiger partial charge in [-0.05, 0) is 6.42 Å². The van der Waals surface area contributed by atoms with Gasteiger partial charge in [-0.25, -0.2) is 5.14 Å². The molecule has 0 aromatic heterocycles. The minimum atomic E-state index is -4.38. The van der Waals surface area contributed by atoms with Gasteiger partial charge in [-0.3, -0.25) is 13.7 Å². The third kappa shape index (κ3) is 76.3. The fourth-order valence-corrected chi connectivity index (χ4v) is 0.774. The van der Waals surface area contributed by atoms with Crippen LogP contribution in [0, 0.1) is 0 Å². The van der Waals surface area contributed by atoms with E-state index in [1.54, 1.807) is 6.92 Å². The summed E-state index contributed by atoms with van der Waals surface area (Å²) in [7, 11) is -12.2. The highest BCUT2D eigenvalue weighted by molar-refractivity contribution is 7.85. The molecule has 0 aromatic rings. The highest BCUT2D eigenvalue weighted by Gasteiger charge is 1.98. The van der Waals surface area contributed by atoms with Crippen molar-refractivity contribution >= 4 is 30.8 Å². The lowest BCUT2D eigenvalue weighted by molar-refractivity contribution is 0.277. The Morgan fingerprint density at radius 3 is 1.22 bits per heavy atom. The van der Waals surface area contributed by atoms with Crippen molar-refractivity contribution in [3.05, 3.63) is 0 Å². The van der Waals surface area contributed by atoms with Gasteiger partial charge in [0.25, 0.3) is 10.1 Å². The standard InChI is InChI=1S/C3H8O3S.H3NO4S.H3NO3S/c1-2-3-7(4,5)6;1-5-6(2,3)4;1-5(2,3)4/h2-3H2,1H3,(H,4,5,6);1H2,(H,2,3,4);(H3,1,2,3,4). The minimum Gasteiger partial charge on any atom is -0.286 e. The first kappa shape index (κ1) is 22.8. The van der Waals surface area contributed by atoms with Crippen LogP contribution in [0.1, 0.15) is 13.3 Å². The van der Waals surface area contributed by atoms with E-state index in [2.05, 4.69) is 15.3 Å². The van der Waals surface area contributed by atoms with Crippen LogP contribution >= 0.6 is 0 Å². The molecule has 0 heterocycles. The van der Waals surface area contributed by atoms with Gasteiger partial charge in [0.05, 0.1) is 5.75 Å². The Hall–Kier alpha value is -0.390. The molecule has 114 valence electrons. The molecule has 0 aliphatic rings. The Bertz CT molecular complexity index is 480. The third-order valence-electron chi connectivity index (χ3n) is 0.584. The summed E-state index contributed by atoms with van der Waals surface area (Å²) >= 11 is 0. The van der Waals surface area contributed by atoms with E-state index < -0.39 is 30.8 Å². The number of hydrogen-bond donors (Lipinski definition) is 5. The summed E-state index contributed by atoms with van der Waals surface area (Å²) in [5.74, 6) is 3.84. The maximum absolute atomic E-state index is 9.79. The second-order valence-electron chi connectivity index (χ2n) is 2.32. The summed E-state index contributed by atoms with van der Waals surface area (Å²) in [6, 6.07) is 0. The Kier molecular flexibility index (Phi) is 12.0. The number of hydrogen-bond acceptors (Lipinski definition) is 8. The Morgan fingerprint density at radius 1 is 1.00 bits per heavy atom. The second kappa shape index (κ2) is 9.53. The van der Waals surface area contributed by atoms with Crippen LogP contribution in [0.4, 0.5) is 0 Å². The Balaban J connectivity index is -0.000000190. The van der Waals surface area contributed by atoms with E-state index in [4.69, 9.17) is 22.1 Å². The van der Waals surface area contributed by atoms with Crippen molar-refractivity contribution in [2.24, 2.45) is 11.0 Å². The van der Waals surface area contributed by atoms with Gasteiger partial charge in [0.1, 0.15) is 0 Å². The summed E-state index contributed by atoms with van der Waals surface area (Å²) in [6.45, 7) is 1.69. The van der Waals surface area contributed by atoms with Gasteiger partial charge in [-0.1, -0.05) is 6.92 Å². The molecule has 0 spiro atoms. The van der Waals surface area contributed by atoms with Crippen LogP contribution in [-0.4, -0.2) is 44.7 Å². The predicted molar refractivity (Wildman–Crippen MR) is 59.3 cm³/mol. The molecule has 0 aliphatic carbocycles. The van der Waals surface area contributed by atoms with Crippen LogP contribution in [0.3, 0.4) is 0 Å². The van der Waals surface area contributed by atoms with Crippen molar-refractivity contribution in [1.29, 1.82) is 0 Å². The van der Waals surface area contributed by atoms with Crippen molar-refractivity contribution in [3.8, 4) is 0 Å².